The maximum absolute atomic E-state index is 11.4. The summed E-state index contributed by atoms with van der Waals surface area (Å²) in [6.45, 7) is 3.05. The van der Waals surface area contributed by atoms with Crippen molar-refractivity contribution in [2.45, 2.75) is 25.8 Å². The van der Waals surface area contributed by atoms with E-state index in [0.717, 1.165) is 25.1 Å². The highest BCUT2D eigenvalue weighted by Gasteiger charge is 2.30. The predicted molar refractivity (Wildman–Crippen MR) is 63.0 cm³/mol. The summed E-state index contributed by atoms with van der Waals surface area (Å²) >= 11 is 0. The van der Waals surface area contributed by atoms with E-state index in [0.29, 0.717) is 5.92 Å². The number of anilines is 1. The monoisotopic (exact) mass is 219 g/mol. The molecule has 2 atom stereocenters. The molecular formula is C12H17N3O. The third kappa shape index (κ3) is 2.15. The zero-order chi connectivity index (χ0) is 11.5. The molecule has 0 radical (unpaired) electrons. The van der Waals surface area contributed by atoms with Crippen molar-refractivity contribution in [2.75, 3.05) is 11.4 Å². The van der Waals surface area contributed by atoms with Crippen LogP contribution in [0, 0.1) is 5.92 Å². The van der Waals surface area contributed by atoms with Crippen molar-refractivity contribution in [3.05, 3.63) is 24.5 Å². The number of carbonyl (C=O) groups is 1. The number of amides is 1. The molecule has 1 aliphatic heterocycles. The Hall–Kier alpha value is -1.58. The molecule has 2 rings (SSSR count). The van der Waals surface area contributed by atoms with Crippen LogP contribution in [0.2, 0.25) is 0 Å². The van der Waals surface area contributed by atoms with E-state index in [2.05, 4.69) is 16.8 Å². The van der Waals surface area contributed by atoms with Crippen LogP contribution in [0.1, 0.15) is 19.8 Å². The van der Waals surface area contributed by atoms with Crippen molar-refractivity contribution in [1.29, 1.82) is 0 Å². The molecule has 2 heterocycles. The molecule has 0 aromatic carbocycles. The Morgan fingerprint density at radius 1 is 1.50 bits per heavy atom. The first-order valence-corrected chi connectivity index (χ1v) is 5.64. The largest absolute Gasteiger partial charge is 0.368 e. The van der Waals surface area contributed by atoms with Crippen LogP contribution in [0.25, 0.3) is 0 Å². The van der Waals surface area contributed by atoms with E-state index in [9.17, 15) is 4.79 Å². The molecule has 1 aromatic heterocycles. The number of carbonyl (C=O) groups excluding carboxylic acids is 1. The van der Waals surface area contributed by atoms with Crippen molar-refractivity contribution in [1.82, 2.24) is 4.98 Å². The van der Waals surface area contributed by atoms with Gasteiger partial charge in [-0.2, -0.15) is 0 Å². The number of nitrogens with two attached hydrogens (primary N) is 1. The standard InChI is InChI=1S/C12H17N3O/c1-9-4-7-15(11(8-9)12(13)16)10-2-5-14-6-3-10/h2-3,5-6,9,11H,4,7-8H2,1H3,(H2,13,16). The maximum atomic E-state index is 11.4. The highest BCUT2D eigenvalue weighted by atomic mass is 16.1. The summed E-state index contributed by atoms with van der Waals surface area (Å²) in [5.74, 6) is 0.332. The van der Waals surface area contributed by atoms with Crippen molar-refractivity contribution in [2.24, 2.45) is 11.7 Å². The van der Waals surface area contributed by atoms with Crippen LogP contribution in [-0.2, 0) is 4.79 Å². The van der Waals surface area contributed by atoms with E-state index in [1.54, 1.807) is 12.4 Å². The van der Waals surface area contributed by atoms with Gasteiger partial charge in [0.1, 0.15) is 6.04 Å². The molecule has 1 saturated heterocycles. The minimum atomic E-state index is -0.233. The molecule has 2 unspecified atom stereocenters. The highest BCUT2D eigenvalue weighted by Crippen LogP contribution is 2.27. The molecule has 0 saturated carbocycles. The Morgan fingerprint density at radius 3 is 2.81 bits per heavy atom. The number of primary amides is 1. The number of hydrogen-bond donors (Lipinski definition) is 1. The first-order valence-electron chi connectivity index (χ1n) is 5.64. The number of hydrogen-bond acceptors (Lipinski definition) is 3. The van der Waals surface area contributed by atoms with Crippen LogP contribution in [0.3, 0.4) is 0 Å². The molecule has 4 nitrogen and oxygen atoms in total. The van der Waals surface area contributed by atoms with Crippen LogP contribution in [-0.4, -0.2) is 23.5 Å². The fourth-order valence-corrected chi connectivity index (χ4v) is 2.26. The predicted octanol–water partition coefficient (Wildman–Crippen LogP) is 1.17. The molecule has 86 valence electrons. The number of aromatic nitrogens is 1. The lowest BCUT2D eigenvalue weighted by atomic mass is 9.91. The molecule has 2 N–H and O–H groups in total. The quantitative estimate of drug-likeness (QED) is 0.812. The van der Waals surface area contributed by atoms with Gasteiger partial charge in [-0.15, -0.1) is 0 Å². The first-order chi connectivity index (χ1) is 7.68. The lowest BCUT2D eigenvalue weighted by Gasteiger charge is -2.38. The minimum absolute atomic E-state index is 0.175. The van der Waals surface area contributed by atoms with Gasteiger partial charge in [0, 0.05) is 24.6 Å². The van der Waals surface area contributed by atoms with Gasteiger partial charge in [0.05, 0.1) is 0 Å². The Bertz CT molecular complexity index is 366. The van der Waals surface area contributed by atoms with Crippen LogP contribution >= 0.6 is 0 Å². The summed E-state index contributed by atoms with van der Waals surface area (Å²) in [6.07, 6.45) is 5.43. The topological polar surface area (TPSA) is 59.2 Å². The Morgan fingerprint density at radius 2 is 2.19 bits per heavy atom. The fourth-order valence-electron chi connectivity index (χ4n) is 2.26. The van der Waals surface area contributed by atoms with Crippen LogP contribution in [0.4, 0.5) is 5.69 Å². The number of piperidine rings is 1. The van der Waals surface area contributed by atoms with Gasteiger partial charge in [0.15, 0.2) is 0 Å². The fraction of sp³-hybridized carbons (Fsp3) is 0.500. The molecule has 1 aliphatic rings. The second-order valence-electron chi connectivity index (χ2n) is 4.45. The van der Waals surface area contributed by atoms with Crippen molar-refractivity contribution in [3.63, 3.8) is 0 Å². The van der Waals surface area contributed by atoms with Crippen LogP contribution < -0.4 is 10.6 Å². The number of pyridine rings is 1. The SMILES string of the molecule is CC1CCN(c2ccncc2)C(C(N)=O)C1. The van der Waals surface area contributed by atoms with Gasteiger partial charge in [-0.3, -0.25) is 9.78 Å². The third-order valence-electron chi connectivity index (χ3n) is 3.19. The number of rotatable bonds is 2. The van der Waals surface area contributed by atoms with E-state index >= 15 is 0 Å². The van der Waals surface area contributed by atoms with Gasteiger partial charge in [-0.25, -0.2) is 0 Å². The average Bonchev–Trinajstić information content (AvgIpc) is 2.30. The van der Waals surface area contributed by atoms with E-state index in [4.69, 9.17) is 5.73 Å². The summed E-state index contributed by atoms with van der Waals surface area (Å²) in [4.78, 5) is 17.5. The van der Waals surface area contributed by atoms with E-state index in [-0.39, 0.29) is 11.9 Å². The molecule has 4 heteroatoms. The number of nitrogens with zero attached hydrogens (tertiary/aromatic N) is 2. The van der Waals surface area contributed by atoms with E-state index in [1.165, 1.54) is 0 Å². The van der Waals surface area contributed by atoms with Gasteiger partial charge in [-0.05, 0) is 30.9 Å². The van der Waals surface area contributed by atoms with E-state index in [1.807, 2.05) is 12.1 Å². The molecule has 1 amide bonds. The molecule has 0 spiro atoms. The first kappa shape index (κ1) is 10.9. The normalized spacial score (nSPS) is 25.4. The molecule has 16 heavy (non-hydrogen) atoms. The molecule has 0 aliphatic carbocycles. The Balaban J connectivity index is 2.22. The van der Waals surface area contributed by atoms with Crippen molar-refractivity contribution < 1.29 is 4.79 Å². The molecular weight excluding hydrogens is 202 g/mol. The van der Waals surface area contributed by atoms with Gasteiger partial charge in [0.2, 0.25) is 5.91 Å². The van der Waals surface area contributed by atoms with Gasteiger partial charge in [-0.1, -0.05) is 6.92 Å². The zero-order valence-corrected chi connectivity index (χ0v) is 9.47. The van der Waals surface area contributed by atoms with Crippen LogP contribution in [0.15, 0.2) is 24.5 Å². The smallest absolute Gasteiger partial charge is 0.240 e. The summed E-state index contributed by atoms with van der Waals surface area (Å²) in [7, 11) is 0. The molecule has 1 aromatic rings. The minimum Gasteiger partial charge on any atom is -0.368 e. The lowest BCUT2D eigenvalue weighted by Crippen LogP contribution is -2.49. The van der Waals surface area contributed by atoms with Crippen LogP contribution in [0.5, 0.6) is 0 Å². The summed E-state index contributed by atoms with van der Waals surface area (Å²) in [6, 6.07) is 3.67. The Kier molecular flexibility index (Phi) is 3.08. The second-order valence-corrected chi connectivity index (χ2v) is 4.45. The molecule has 1 fully saturated rings. The third-order valence-corrected chi connectivity index (χ3v) is 3.19. The maximum Gasteiger partial charge on any atom is 0.240 e. The highest BCUT2D eigenvalue weighted by molar-refractivity contribution is 5.83. The summed E-state index contributed by atoms with van der Waals surface area (Å²) in [5.41, 5.74) is 6.49. The van der Waals surface area contributed by atoms with Gasteiger partial charge >= 0.3 is 0 Å². The average molecular weight is 219 g/mol. The van der Waals surface area contributed by atoms with E-state index < -0.39 is 0 Å². The van der Waals surface area contributed by atoms with Gasteiger partial charge in [0.25, 0.3) is 0 Å². The van der Waals surface area contributed by atoms with Crippen molar-refractivity contribution in [3.8, 4) is 0 Å². The van der Waals surface area contributed by atoms with Gasteiger partial charge < -0.3 is 10.6 Å². The Labute approximate surface area is 95.5 Å². The zero-order valence-electron chi connectivity index (χ0n) is 9.47. The summed E-state index contributed by atoms with van der Waals surface area (Å²) < 4.78 is 0. The molecule has 0 bridgehead atoms. The summed E-state index contributed by atoms with van der Waals surface area (Å²) in [5, 5.41) is 0. The van der Waals surface area contributed by atoms with Crippen molar-refractivity contribution >= 4 is 11.6 Å². The lowest BCUT2D eigenvalue weighted by molar-refractivity contribution is -0.120. The second kappa shape index (κ2) is 4.51.